The lowest BCUT2D eigenvalue weighted by molar-refractivity contribution is -0.107. The Balaban J connectivity index is 2.14. The lowest BCUT2D eigenvalue weighted by Crippen LogP contribution is -1.88. The Morgan fingerprint density at radius 1 is 1.38 bits per heavy atom. The SMILES string of the molecule is O=CC[C]1CCCC1. The molecule has 0 aromatic carbocycles. The van der Waals surface area contributed by atoms with E-state index >= 15 is 0 Å². The van der Waals surface area contributed by atoms with Gasteiger partial charge in [0.05, 0.1) is 0 Å². The lowest BCUT2D eigenvalue weighted by atomic mass is 10.1. The van der Waals surface area contributed by atoms with Crippen molar-refractivity contribution in [3.8, 4) is 0 Å². The van der Waals surface area contributed by atoms with Gasteiger partial charge in [-0.1, -0.05) is 12.8 Å². The fourth-order valence-corrected chi connectivity index (χ4v) is 1.20. The van der Waals surface area contributed by atoms with Crippen molar-refractivity contribution in [1.82, 2.24) is 0 Å². The minimum Gasteiger partial charge on any atom is -0.303 e. The first-order chi connectivity index (χ1) is 3.93. The number of aldehydes is 1. The first kappa shape index (κ1) is 5.80. The molecular weight excluding hydrogens is 100 g/mol. The molecule has 0 spiro atoms. The number of hydrogen-bond donors (Lipinski definition) is 0. The Morgan fingerprint density at radius 3 is 2.50 bits per heavy atom. The predicted molar refractivity (Wildman–Crippen MR) is 32.4 cm³/mol. The van der Waals surface area contributed by atoms with Crippen LogP contribution >= 0.6 is 0 Å². The zero-order chi connectivity index (χ0) is 5.82. The number of rotatable bonds is 2. The van der Waals surface area contributed by atoms with Gasteiger partial charge in [-0.2, -0.15) is 0 Å². The summed E-state index contributed by atoms with van der Waals surface area (Å²) < 4.78 is 0. The van der Waals surface area contributed by atoms with Crippen LogP contribution in [0.15, 0.2) is 0 Å². The summed E-state index contributed by atoms with van der Waals surface area (Å²) in [5.41, 5.74) is 0. The van der Waals surface area contributed by atoms with Gasteiger partial charge in [-0.15, -0.1) is 0 Å². The summed E-state index contributed by atoms with van der Waals surface area (Å²) in [6.45, 7) is 0. The van der Waals surface area contributed by atoms with Crippen molar-refractivity contribution in [3.05, 3.63) is 5.92 Å². The summed E-state index contributed by atoms with van der Waals surface area (Å²) in [4.78, 5) is 9.94. The molecule has 1 fully saturated rings. The number of carbonyl (C=O) groups is 1. The van der Waals surface area contributed by atoms with Gasteiger partial charge >= 0.3 is 0 Å². The minimum atomic E-state index is 0.722. The van der Waals surface area contributed by atoms with Gasteiger partial charge in [0, 0.05) is 6.42 Å². The largest absolute Gasteiger partial charge is 0.303 e. The maximum Gasteiger partial charge on any atom is 0.120 e. The highest BCUT2D eigenvalue weighted by Gasteiger charge is 2.13. The van der Waals surface area contributed by atoms with Crippen LogP contribution in [0, 0.1) is 5.92 Å². The highest BCUT2D eigenvalue weighted by atomic mass is 16.1. The predicted octanol–water partition coefficient (Wildman–Crippen LogP) is 1.72. The van der Waals surface area contributed by atoms with E-state index in [0.717, 1.165) is 12.7 Å². The molecule has 0 heterocycles. The molecule has 1 saturated carbocycles. The van der Waals surface area contributed by atoms with Crippen molar-refractivity contribution < 1.29 is 4.79 Å². The maximum absolute atomic E-state index is 9.94. The summed E-state index contributed by atoms with van der Waals surface area (Å²) in [6, 6.07) is 0. The van der Waals surface area contributed by atoms with E-state index in [1.54, 1.807) is 0 Å². The van der Waals surface area contributed by atoms with Gasteiger partial charge in [-0.3, -0.25) is 0 Å². The maximum atomic E-state index is 9.94. The van der Waals surface area contributed by atoms with E-state index in [2.05, 4.69) is 0 Å². The molecule has 1 nitrogen and oxygen atoms in total. The zero-order valence-electron chi connectivity index (χ0n) is 5.02. The summed E-state index contributed by atoms with van der Waals surface area (Å²) in [5, 5.41) is 0. The molecule has 1 radical (unpaired) electrons. The summed E-state index contributed by atoms with van der Waals surface area (Å²) >= 11 is 0. The third-order valence-electron chi connectivity index (χ3n) is 1.68. The molecule has 0 bridgehead atoms. The molecule has 1 aliphatic rings. The van der Waals surface area contributed by atoms with E-state index in [1.807, 2.05) is 0 Å². The van der Waals surface area contributed by atoms with Crippen LogP contribution in [-0.2, 0) is 4.79 Å². The lowest BCUT2D eigenvalue weighted by Gasteiger charge is -1.98. The second-order valence-corrected chi connectivity index (χ2v) is 2.33. The van der Waals surface area contributed by atoms with Gasteiger partial charge in [-0.25, -0.2) is 0 Å². The molecule has 0 N–H and O–H groups in total. The highest BCUT2D eigenvalue weighted by Crippen LogP contribution is 2.28. The van der Waals surface area contributed by atoms with Gasteiger partial charge in [0.2, 0.25) is 0 Å². The molecule has 0 aromatic rings. The average molecular weight is 111 g/mol. The minimum absolute atomic E-state index is 0.722. The second kappa shape index (κ2) is 2.85. The molecule has 1 heteroatoms. The normalized spacial score (nSPS) is 21.5. The molecule has 0 aromatic heterocycles. The van der Waals surface area contributed by atoms with E-state index < -0.39 is 0 Å². The topological polar surface area (TPSA) is 17.1 Å². The molecule has 0 aliphatic heterocycles. The van der Waals surface area contributed by atoms with Crippen LogP contribution in [-0.4, -0.2) is 6.29 Å². The van der Waals surface area contributed by atoms with Crippen LogP contribution in [0.4, 0.5) is 0 Å². The van der Waals surface area contributed by atoms with E-state index in [1.165, 1.54) is 31.6 Å². The van der Waals surface area contributed by atoms with E-state index in [4.69, 9.17) is 0 Å². The van der Waals surface area contributed by atoms with Crippen LogP contribution in [0.1, 0.15) is 32.1 Å². The van der Waals surface area contributed by atoms with Crippen molar-refractivity contribution in [2.45, 2.75) is 32.1 Å². The molecule has 8 heavy (non-hydrogen) atoms. The summed E-state index contributed by atoms with van der Waals surface area (Å²) in [5.74, 6) is 1.46. The fourth-order valence-electron chi connectivity index (χ4n) is 1.20. The number of hydrogen-bond acceptors (Lipinski definition) is 1. The van der Waals surface area contributed by atoms with Crippen molar-refractivity contribution in [1.29, 1.82) is 0 Å². The van der Waals surface area contributed by atoms with E-state index in [9.17, 15) is 4.79 Å². The monoisotopic (exact) mass is 111 g/mol. The van der Waals surface area contributed by atoms with E-state index in [-0.39, 0.29) is 0 Å². The Hall–Kier alpha value is -0.330. The Morgan fingerprint density at radius 2 is 2.00 bits per heavy atom. The third-order valence-corrected chi connectivity index (χ3v) is 1.68. The molecular formula is C7H11O. The van der Waals surface area contributed by atoms with Crippen molar-refractivity contribution in [2.75, 3.05) is 0 Å². The van der Waals surface area contributed by atoms with Crippen LogP contribution in [0.3, 0.4) is 0 Å². The summed E-state index contributed by atoms with van der Waals surface area (Å²) in [6.07, 6.45) is 6.77. The molecule has 0 unspecified atom stereocenters. The van der Waals surface area contributed by atoms with Crippen LogP contribution < -0.4 is 0 Å². The highest BCUT2D eigenvalue weighted by molar-refractivity contribution is 5.52. The molecule has 0 atom stereocenters. The van der Waals surface area contributed by atoms with Crippen LogP contribution in [0.2, 0.25) is 0 Å². The molecule has 1 rings (SSSR count). The first-order valence-electron chi connectivity index (χ1n) is 3.20. The smallest absolute Gasteiger partial charge is 0.120 e. The average Bonchev–Trinajstić information content (AvgIpc) is 2.19. The van der Waals surface area contributed by atoms with Crippen molar-refractivity contribution in [3.63, 3.8) is 0 Å². The van der Waals surface area contributed by atoms with Gasteiger partial charge in [-0.05, 0) is 18.8 Å². The molecule has 1 aliphatic carbocycles. The van der Waals surface area contributed by atoms with Crippen LogP contribution in [0.5, 0.6) is 0 Å². The number of carbonyl (C=O) groups excluding carboxylic acids is 1. The quantitative estimate of drug-likeness (QED) is 0.496. The summed E-state index contributed by atoms with van der Waals surface area (Å²) in [7, 11) is 0. The third kappa shape index (κ3) is 1.32. The standard InChI is InChI=1S/C7H11O/c8-6-5-7-3-1-2-4-7/h6H,1-5H2. The van der Waals surface area contributed by atoms with Crippen LogP contribution in [0.25, 0.3) is 0 Å². The molecule has 45 valence electrons. The van der Waals surface area contributed by atoms with Gasteiger partial charge < -0.3 is 4.79 Å². The van der Waals surface area contributed by atoms with Gasteiger partial charge in [0.1, 0.15) is 6.29 Å². The van der Waals surface area contributed by atoms with Gasteiger partial charge in [0.15, 0.2) is 0 Å². The molecule has 0 amide bonds. The van der Waals surface area contributed by atoms with Crippen molar-refractivity contribution in [2.24, 2.45) is 0 Å². The Bertz CT molecular complexity index is 72.5. The van der Waals surface area contributed by atoms with Gasteiger partial charge in [0.25, 0.3) is 0 Å². The Kier molecular flexibility index (Phi) is 2.07. The second-order valence-electron chi connectivity index (χ2n) is 2.33. The Labute approximate surface area is 50.1 Å². The fraction of sp³-hybridized carbons (Fsp3) is 0.714. The van der Waals surface area contributed by atoms with E-state index in [0.29, 0.717) is 0 Å². The van der Waals surface area contributed by atoms with Crippen molar-refractivity contribution >= 4 is 6.29 Å². The molecule has 0 saturated heterocycles. The zero-order valence-corrected chi connectivity index (χ0v) is 5.02. The first-order valence-corrected chi connectivity index (χ1v) is 3.20.